The van der Waals surface area contributed by atoms with Crippen LogP contribution in [0.25, 0.3) is 0 Å². The number of nitrogens with one attached hydrogen (secondary N) is 2. The maximum absolute atomic E-state index is 12.0. The number of pyridine rings is 1. The molecule has 0 aliphatic carbocycles. The number of hydrogen-bond acceptors (Lipinski definition) is 5. The second-order valence-corrected chi connectivity index (χ2v) is 5.64. The van der Waals surface area contributed by atoms with Gasteiger partial charge in [-0.15, -0.1) is 11.3 Å². The zero-order valence-electron chi connectivity index (χ0n) is 12.4. The molecule has 0 radical (unpaired) electrons. The Morgan fingerprint density at radius 3 is 2.70 bits per heavy atom. The minimum absolute atomic E-state index is 0.132. The third kappa shape index (κ3) is 3.67. The van der Waals surface area contributed by atoms with E-state index in [1.165, 1.54) is 11.3 Å². The van der Waals surface area contributed by atoms with Gasteiger partial charge in [0.25, 0.3) is 5.91 Å². The number of methoxy groups -OCH3 is 1. The summed E-state index contributed by atoms with van der Waals surface area (Å²) in [6.07, 6.45) is 1.61. The van der Waals surface area contributed by atoms with Crippen LogP contribution in [0, 0.1) is 0 Å². The van der Waals surface area contributed by atoms with Gasteiger partial charge in [0, 0.05) is 0 Å². The predicted octanol–water partition coefficient (Wildman–Crippen LogP) is 4.15. The van der Waals surface area contributed by atoms with Crippen molar-refractivity contribution in [1.82, 2.24) is 4.98 Å². The Morgan fingerprint density at radius 2 is 2.00 bits per heavy atom. The van der Waals surface area contributed by atoms with Crippen molar-refractivity contribution in [1.29, 1.82) is 0 Å². The van der Waals surface area contributed by atoms with E-state index in [4.69, 9.17) is 4.74 Å². The van der Waals surface area contributed by atoms with Gasteiger partial charge in [-0.1, -0.05) is 18.2 Å². The van der Waals surface area contributed by atoms with Crippen LogP contribution in [-0.4, -0.2) is 18.0 Å². The van der Waals surface area contributed by atoms with Crippen LogP contribution in [0.3, 0.4) is 0 Å². The van der Waals surface area contributed by atoms with Gasteiger partial charge >= 0.3 is 0 Å². The number of thiophene rings is 1. The predicted molar refractivity (Wildman–Crippen MR) is 92.8 cm³/mol. The average Bonchev–Trinajstić information content (AvgIpc) is 3.12. The van der Waals surface area contributed by atoms with Crippen molar-refractivity contribution in [3.8, 4) is 5.75 Å². The van der Waals surface area contributed by atoms with Crippen LogP contribution >= 0.6 is 11.3 Å². The molecule has 0 aliphatic rings. The van der Waals surface area contributed by atoms with E-state index in [2.05, 4.69) is 15.6 Å². The molecule has 0 bridgehead atoms. The first-order valence-corrected chi connectivity index (χ1v) is 7.85. The van der Waals surface area contributed by atoms with E-state index in [1.807, 2.05) is 35.7 Å². The SMILES string of the molecule is COc1ccccc1Nc1ccc(NC(=O)c2cccs2)cn1. The smallest absolute Gasteiger partial charge is 0.265 e. The van der Waals surface area contributed by atoms with Crippen molar-refractivity contribution in [3.63, 3.8) is 0 Å². The van der Waals surface area contributed by atoms with Gasteiger partial charge in [0.15, 0.2) is 0 Å². The minimum Gasteiger partial charge on any atom is -0.495 e. The summed E-state index contributed by atoms with van der Waals surface area (Å²) in [5.41, 5.74) is 1.48. The van der Waals surface area contributed by atoms with Crippen molar-refractivity contribution in [3.05, 3.63) is 65.0 Å². The maximum atomic E-state index is 12.0. The van der Waals surface area contributed by atoms with Gasteiger partial charge in [0.1, 0.15) is 11.6 Å². The molecule has 0 spiro atoms. The van der Waals surface area contributed by atoms with E-state index in [0.29, 0.717) is 16.4 Å². The molecule has 1 aromatic carbocycles. The zero-order valence-corrected chi connectivity index (χ0v) is 13.3. The summed E-state index contributed by atoms with van der Waals surface area (Å²) >= 11 is 1.40. The molecule has 0 aliphatic heterocycles. The average molecular weight is 325 g/mol. The number of nitrogens with zero attached hydrogens (tertiary/aromatic N) is 1. The standard InChI is InChI=1S/C17H15N3O2S/c1-22-14-6-3-2-5-13(14)20-16-9-8-12(11-18-16)19-17(21)15-7-4-10-23-15/h2-11H,1H3,(H,18,20)(H,19,21). The van der Waals surface area contributed by atoms with Crippen molar-refractivity contribution >= 4 is 34.4 Å². The number of anilines is 3. The van der Waals surface area contributed by atoms with Crippen molar-refractivity contribution in [2.24, 2.45) is 0 Å². The van der Waals surface area contributed by atoms with Crippen molar-refractivity contribution in [2.45, 2.75) is 0 Å². The molecule has 116 valence electrons. The van der Waals surface area contributed by atoms with E-state index < -0.39 is 0 Å². The molecular formula is C17H15N3O2S. The first-order valence-electron chi connectivity index (χ1n) is 6.97. The Morgan fingerprint density at radius 1 is 1.13 bits per heavy atom. The lowest BCUT2D eigenvalue weighted by Crippen LogP contribution is -2.10. The normalized spacial score (nSPS) is 10.1. The molecule has 3 rings (SSSR count). The van der Waals surface area contributed by atoms with E-state index in [-0.39, 0.29) is 5.91 Å². The number of rotatable bonds is 5. The highest BCUT2D eigenvalue weighted by molar-refractivity contribution is 7.12. The fraction of sp³-hybridized carbons (Fsp3) is 0.0588. The third-order valence-electron chi connectivity index (χ3n) is 3.14. The van der Waals surface area contributed by atoms with E-state index in [0.717, 1.165) is 11.4 Å². The topological polar surface area (TPSA) is 63.2 Å². The molecule has 3 aromatic rings. The van der Waals surface area contributed by atoms with Gasteiger partial charge < -0.3 is 15.4 Å². The summed E-state index contributed by atoms with van der Waals surface area (Å²) < 4.78 is 5.29. The van der Waals surface area contributed by atoms with Gasteiger partial charge in [-0.3, -0.25) is 4.79 Å². The van der Waals surface area contributed by atoms with E-state index >= 15 is 0 Å². The minimum atomic E-state index is -0.132. The van der Waals surface area contributed by atoms with Gasteiger partial charge in [-0.25, -0.2) is 4.98 Å². The van der Waals surface area contributed by atoms with Gasteiger partial charge in [0.2, 0.25) is 0 Å². The van der Waals surface area contributed by atoms with E-state index in [9.17, 15) is 4.79 Å². The van der Waals surface area contributed by atoms with Gasteiger partial charge in [0.05, 0.1) is 29.6 Å². The Balaban J connectivity index is 1.68. The number of aromatic nitrogens is 1. The lowest BCUT2D eigenvalue weighted by Gasteiger charge is -2.10. The second-order valence-electron chi connectivity index (χ2n) is 4.69. The summed E-state index contributed by atoms with van der Waals surface area (Å²) in [6, 6.07) is 14.8. The number of benzene rings is 1. The lowest BCUT2D eigenvalue weighted by atomic mass is 10.3. The number of carbonyl (C=O) groups excluding carboxylic acids is 1. The second kappa shape index (κ2) is 6.93. The van der Waals surface area contributed by atoms with Crippen LogP contribution in [0.15, 0.2) is 60.1 Å². The van der Waals surface area contributed by atoms with Crippen LogP contribution in [-0.2, 0) is 0 Å². The molecule has 1 amide bonds. The monoisotopic (exact) mass is 325 g/mol. The molecule has 0 saturated carbocycles. The molecular weight excluding hydrogens is 310 g/mol. The molecule has 23 heavy (non-hydrogen) atoms. The summed E-state index contributed by atoms with van der Waals surface area (Å²) in [4.78, 5) is 16.9. The largest absolute Gasteiger partial charge is 0.495 e. The fourth-order valence-corrected chi connectivity index (χ4v) is 2.65. The summed E-state index contributed by atoms with van der Waals surface area (Å²) in [6.45, 7) is 0. The molecule has 0 fully saturated rings. The molecule has 0 saturated heterocycles. The summed E-state index contributed by atoms with van der Waals surface area (Å²) in [7, 11) is 1.62. The van der Waals surface area contributed by atoms with Crippen LogP contribution < -0.4 is 15.4 Å². The Kier molecular flexibility index (Phi) is 4.54. The number of amides is 1. The number of carbonyl (C=O) groups is 1. The lowest BCUT2D eigenvalue weighted by molar-refractivity contribution is 0.103. The Hall–Kier alpha value is -2.86. The van der Waals surface area contributed by atoms with Crippen molar-refractivity contribution < 1.29 is 9.53 Å². The Bertz CT molecular complexity index is 786. The zero-order chi connectivity index (χ0) is 16.1. The summed E-state index contributed by atoms with van der Waals surface area (Å²) in [5.74, 6) is 1.28. The molecule has 5 nitrogen and oxygen atoms in total. The van der Waals surface area contributed by atoms with E-state index in [1.54, 1.807) is 31.5 Å². The third-order valence-corrected chi connectivity index (χ3v) is 4.00. The molecule has 6 heteroatoms. The Labute approximate surface area is 138 Å². The molecule has 0 unspecified atom stereocenters. The van der Waals surface area contributed by atoms with Crippen LogP contribution in [0.4, 0.5) is 17.2 Å². The highest BCUT2D eigenvalue weighted by atomic mass is 32.1. The number of para-hydroxylation sites is 2. The van der Waals surface area contributed by atoms with Crippen LogP contribution in [0.2, 0.25) is 0 Å². The fourth-order valence-electron chi connectivity index (χ4n) is 2.03. The number of ether oxygens (including phenoxy) is 1. The van der Waals surface area contributed by atoms with Crippen LogP contribution in [0.5, 0.6) is 5.75 Å². The summed E-state index contributed by atoms with van der Waals surface area (Å²) in [5, 5.41) is 7.87. The van der Waals surface area contributed by atoms with Crippen molar-refractivity contribution in [2.75, 3.05) is 17.7 Å². The first kappa shape index (κ1) is 15.1. The van der Waals surface area contributed by atoms with Gasteiger partial charge in [-0.05, 0) is 35.7 Å². The maximum Gasteiger partial charge on any atom is 0.265 e. The molecule has 2 aromatic heterocycles. The quantitative estimate of drug-likeness (QED) is 0.740. The highest BCUT2D eigenvalue weighted by Gasteiger charge is 2.07. The highest BCUT2D eigenvalue weighted by Crippen LogP contribution is 2.26. The number of hydrogen-bond donors (Lipinski definition) is 2. The van der Waals surface area contributed by atoms with Crippen LogP contribution in [0.1, 0.15) is 9.67 Å². The molecule has 0 atom stereocenters. The molecule has 2 N–H and O–H groups in total. The molecule has 2 heterocycles. The van der Waals surface area contributed by atoms with Gasteiger partial charge in [-0.2, -0.15) is 0 Å². The first-order chi connectivity index (χ1) is 11.3.